The Morgan fingerprint density at radius 1 is 1.24 bits per heavy atom. The number of halogens is 1. The number of carbonyl (C=O) groups is 1. The van der Waals surface area contributed by atoms with Gasteiger partial charge in [-0.25, -0.2) is 4.39 Å². The molecule has 0 spiro atoms. The number of nitrogens with one attached hydrogen (secondary N) is 2. The minimum absolute atomic E-state index is 0.262. The molecule has 1 aromatic carbocycles. The molecule has 0 radical (unpaired) electrons. The number of aliphatic hydroxyl groups is 1. The summed E-state index contributed by atoms with van der Waals surface area (Å²) in [6.07, 6.45) is 1.30. The van der Waals surface area contributed by atoms with E-state index in [1.54, 1.807) is 39.2 Å². The number of nitrogens with zero attached hydrogens (tertiary/aromatic N) is 1. The maximum Gasteiger partial charge on any atom is 0.274 e. The maximum atomic E-state index is 13.9. The summed E-state index contributed by atoms with van der Waals surface area (Å²) in [5.41, 5.74) is 2.35. The van der Waals surface area contributed by atoms with Crippen LogP contribution in [0.1, 0.15) is 65.9 Å². The second-order valence-electron chi connectivity index (χ2n) is 9.87. The predicted molar refractivity (Wildman–Crippen MR) is 145 cm³/mol. The first-order chi connectivity index (χ1) is 17.3. The Morgan fingerprint density at radius 3 is 2.49 bits per heavy atom. The molecule has 3 aromatic heterocycles. The molecule has 3 N–H and O–H groups in total. The summed E-state index contributed by atoms with van der Waals surface area (Å²) in [6, 6.07) is 6.44. The van der Waals surface area contributed by atoms with Crippen LogP contribution in [-0.4, -0.2) is 27.1 Å². The van der Waals surface area contributed by atoms with E-state index in [-0.39, 0.29) is 23.0 Å². The molecule has 0 aliphatic carbocycles. The number of carbonyl (C=O) groups excluding carboxylic acids is 1. The molecule has 0 fully saturated rings. The van der Waals surface area contributed by atoms with E-state index in [0.29, 0.717) is 38.5 Å². The van der Waals surface area contributed by atoms with Gasteiger partial charge in [-0.2, -0.15) is 0 Å². The molecule has 0 bridgehead atoms. The molecule has 0 aliphatic heterocycles. The van der Waals surface area contributed by atoms with E-state index in [0.717, 1.165) is 16.7 Å². The van der Waals surface area contributed by atoms with Crippen molar-refractivity contribution >= 4 is 28.1 Å². The first-order valence-corrected chi connectivity index (χ1v) is 12.9. The van der Waals surface area contributed by atoms with Crippen molar-refractivity contribution in [1.82, 2.24) is 14.9 Å². The monoisotopic (exact) mass is 525 g/mol. The molecule has 7 nitrogen and oxygen atoms in total. The summed E-state index contributed by atoms with van der Waals surface area (Å²) in [5.74, 6) is -0.0738. The van der Waals surface area contributed by atoms with Crippen molar-refractivity contribution in [1.29, 1.82) is 0 Å². The number of pyridine rings is 1. The highest BCUT2D eigenvalue weighted by atomic mass is 32.1. The average molecular weight is 526 g/mol. The van der Waals surface area contributed by atoms with Crippen LogP contribution in [0.2, 0.25) is 0 Å². The Morgan fingerprint density at radius 2 is 1.89 bits per heavy atom. The standard InChI is InChI=1S/C28H32FN3O4S/c1-8-30-26(33)20-11-18-19(13-32(7)27(34)24(18)31-20)25-21(12-22(37-25)28(5,6)35)36-16(4)23-14(2)9-17(29)10-15(23)3/h9-13,16,31,35H,8H2,1-7H3,(H,30,33). The Kier molecular flexibility index (Phi) is 7.05. The van der Waals surface area contributed by atoms with E-state index in [9.17, 15) is 19.1 Å². The highest BCUT2D eigenvalue weighted by Gasteiger charge is 2.27. The van der Waals surface area contributed by atoms with Crippen LogP contribution in [0.5, 0.6) is 5.75 Å². The van der Waals surface area contributed by atoms with Crippen LogP contribution in [-0.2, 0) is 12.6 Å². The number of thiophene rings is 1. The van der Waals surface area contributed by atoms with Crippen molar-refractivity contribution in [2.75, 3.05) is 6.54 Å². The highest BCUT2D eigenvalue weighted by Crippen LogP contribution is 2.46. The quantitative estimate of drug-likeness (QED) is 0.298. The molecule has 0 saturated heterocycles. The van der Waals surface area contributed by atoms with E-state index < -0.39 is 11.7 Å². The highest BCUT2D eigenvalue weighted by molar-refractivity contribution is 7.16. The number of hydrogen-bond donors (Lipinski definition) is 3. The number of aromatic nitrogens is 2. The van der Waals surface area contributed by atoms with Crippen molar-refractivity contribution in [3.8, 4) is 16.2 Å². The van der Waals surface area contributed by atoms with Gasteiger partial charge in [0, 0.05) is 35.6 Å². The van der Waals surface area contributed by atoms with Crippen LogP contribution in [0.4, 0.5) is 4.39 Å². The van der Waals surface area contributed by atoms with Crippen LogP contribution in [0, 0.1) is 19.7 Å². The van der Waals surface area contributed by atoms with Crippen LogP contribution < -0.4 is 15.6 Å². The molecule has 1 unspecified atom stereocenters. The van der Waals surface area contributed by atoms with Gasteiger partial charge in [-0.05, 0) is 82.5 Å². The van der Waals surface area contributed by atoms with Gasteiger partial charge >= 0.3 is 0 Å². The lowest BCUT2D eigenvalue weighted by atomic mass is 9.98. The first kappa shape index (κ1) is 26.6. The molecule has 1 atom stereocenters. The molecule has 9 heteroatoms. The molecular weight excluding hydrogens is 493 g/mol. The normalized spacial score (nSPS) is 12.7. The van der Waals surface area contributed by atoms with E-state index in [2.05, 4.69) is 10.3 Å². The number of aromatic amines is 1. The summed E-state index contributed by atoms with van der Waals surface area (Å²) in [7, 11) is 1.65. The van der Waals surface area contributed by atoms with Gasteiger partial charge in [0.1, 0.15) is 28.9 Å². The maximum absolute atomic E-state index is 13.9. The summed E-state index contributed by atoms with van der Waals surface area (Å²) in [4.78, 5) is 29.8. The molecule has 0 saturated carbocycles. The summed E-state index contributed by atoms with van der Waals surface area (Å²) in [5, 5.41) is 14.1. The Balaban J connectivity index is 1.91. The molecule has 0 aliphatic rings. The number of aryl methyl sites for hydroxylation is 3. The van der Waals surface area contributed by atoms with Gasteiger partial charge in [-0.15, -0.1) is 11.3 Å². The minimum atomic E-state index is -1.13. The van der Waals surface area contributed by atoms with Crippen molar-refractivity contribution in [2.45, 2.75) is 53.2 Å². The number of benzene rings is 1. The fourth-order valence-electron chi connectivity index (χ4n) is 4.66. The van der Waals surface area contributed by atoms with Gasteiger partial charge in [0.2, 0.25) is 0 Å². The largest absolute Gasteiger partial charge is 0.484 e. The summed E-state index contributed by atoms with van der Waals surface area (Å²) >= 11 is 1.36. The third kappa shape index (κ3) is 5.06. The van der Waals surface area contributed by atoms with Gasteiger partial charge in [-0.1, -0.05) is 0 Å². The van der Waals surface area contributed by atoms with E-state index in [1.165, 1.54) is 28.0 Å². The Hall–Kier alpha value is -3.43. The van der Waals surface area contributed by atoms with Crippen molar-refractivity contribution < 1.29 is 19.0 Å². The minimum Gasteiger partial charge on any atom is -0.484 e. The number of amides is 1. The van der Waals surface area contributed by atoms with Crippen LogP contribution in [0.15, 0.2) is 35.3 Å². The lowest BCUT2D eigenvalue weighted by Crippen LogP contribution is -2.23. The average Bonchev–Trinajstić information content (AvgIpc) is 3.41. The Bertz CT molecular complexity index is 1540. The van der Waals surface area contributed by atoms with Crippen molar-refractivity contribution in [2.24, 2.45) is 7.05 Å². The predicted octanol–water partition coefficient (Wildman–Crippen LogP) is 5.47. The number of fused-ring (bicyclic) bond motifs is 1. The van der Waals surface area contributed by atoms with Crippen molar-refractivity contribution in [3.05, 3.63) is 73.9 Å². The molecule has 196 valence electrons. The second kappa shape index (κ2) is 9.79. The van der Waals surface area contributed by atoms with E-state index in [1.807, 2.05) is 27.7 Å². The topological polar surface area (TPSA) is 96.3 Å². The lowest BCUT2D eigenvalue weighted by Gasteiger charge is -2.20. The lowest BCUT2D eigenvalue weighted by molar-refractivity contribution is 0.0821. The molecule has 37 heavy (non-hydrogen) atoms. The van der Waals surface area contributed by atoms with E-state index in [4.69, 9.17) is 4.74 Å². The van der Waals surface area contributed by atoms with E-state index >= 15 is 0 Å². The fourth-order valence-corrected chi connectivity index (χ4v) is 5.77. The zero-order valence-electron chi connectivity index (χ0n) is 22.1. The van der Waals surface area contributed by atoms with Gasteiger partial charge in [0.15, 0.2) is 0 Å². The van der Waals surface area contributed by atoms with Gasteiger partial charge in [0.25, 0.3) is 11.5 Å². The Labute approximate surface area is 218 Å². The van der Waals surface area contributed by atoms with Crippen LogP contribution in [0.3, 0.4) is 0 Å². The zero-order valence-corrected chi connectivity index (χ0v) is 22.9. The smallest absolute Gasteiger partial charge is 0.274 e. The third-order valence-corrected chi connectivity index (χ3v) is 7.82. The molecule has 4 aromatic rings. The van der Waals surface area contributed by atoms with Crippen LogP contribution >= 0.6 is 11.3 Å². The number of rotatable bonds is 7. The molecule has 1 amide bonds. The molecule has 3 heterocycles. The molecule has 4 rings (SSSR count). The van der Waals surface area contributed by atoms with Gasteiger partial charge < -0.3 is 24.7 Å². The zero-order chi connectivity index (χ0) is 27.2. The number of ether oxygens (including phenoxy) is 1. The summed E-state index contributed by atoms with van der Waals surface area (Å²) in [6.45, 7) is 11.3. The number of hydrogen-bond acceptors (Lipinski definition) is 5. The SMILES string of the molecule is CCNC(=O)c1cc2c(-c3sc(C(C)(C)O)cc3OC(C)c3c(C)cc(F)cc3C)cn(C)c(=O)c2[nH]1. The first-order valence-electron chi connectivity index (χ1n) is 12.1. The third-order valence-electron chi connectivity index (χ3n) is 6.36. The molecular formula is C28H32FN3O4S. The van der Waals surface area contributed by atoms with Crippen LogP contribution in [0.25, 0.3) is 21.3 Å². The second-order valence-corrected chi connectivity index (χ2v) is 10.9. The van der Waals surface area contributed by atoms with Gasteiger partial charge in [-0.3, -0.25) is 9.59 Å². The fraction of sp³-hybridized carbons (Fsp3) is 0.357. The van der Waals surface area contributed by atoms with Crippen molar-refractivity contribution in [3.63, 3.8) is 0 Å². The summed E-state index contributed by atoms with van der Waals surface area (Å²) < 4.78 is 21.9. The van der Waals surface area contributed by atoms with Gasteiger partial charge in [0.05, 0.1) is 10.5 Å². The number of H-pyrrole nitrogens is 1.